The van der Waals surface area contributed by atoms with Gasteiger partial charge < -0.3 is 0 Å². The average molecular weight is 344 g/mol. The molecule has 0 amide bonds. The molecule has 0 atom stereocenters. The molecule has 0 aliphatic carbocycles. The van der Waals surface area contributed by atoms with Gasteiger partial charge in [-0.2, -0.15) is 0 Å². The van der Waals surface area contributed by atoms with Crippen molar-refractivity contribution in [1.29, 1.82) is 0 Å². The summed E-state index contributed by atoms with van der Waals surface area (Å²) in [6, 6.07) is 17.0. The summed E-state index contributed by atoms with van der Waals surface area (Å²) in [5.41, 5.74) is 8.67. The third-order valence-corrected chi connectivity index (χ3v) is 5.45. The summed E-state index contributed by atoms with van der Waals surface area (Å²) in [5, 5.41) is 0. The van der Waals surface area contributed by atoms with Gasteiger partial charge in [0.15, 0.2) is 0 Å². The number of rotatable bonds is 2. The van der Waals surface area contributed by atoms with Crippen LogP contribution in [0.3, 0.4) is 0 Å². The lowest BCUT2D eigenvalue weighted by Gasteiger charge is -2.11. The lowest BCUT2D eigenvalue weighted by molar-refractivity contribution is 1.28. The first-order valence-electron chi connectivity index (χ1n) is 8.45. The second kappa shape index (κ2) is 6.08. The zero-order chi connectivity index (χ0) is 17.6. The third kappa shape index (κ3) is 2.85. The zero-order valence-corrected chi connectivity index (χ0v) is 15.7. The zero-order valence-electron chi connectivity index (χ0n) is 14.9. The Morgan fingerprint density at radius 2 is 1.08 bits per heavy atom. The minimum atomic E-state index is 0.961. The Balaban J connectivity index is 2.08. The number of thiophene rings is 1. The van der Waals surface area contributed by atoms with E-state index in [0.29, 0.717) is 0 Å². The second-order valence-electron chi connectivity index (χ2n) is 6.57. The first-order valence-corrected chi connectivity index (χ1v) is 9.26. The lowest BCUT2D eigenvalue weighted by atomic mass is 10.0. The molecule has 4 rings (SSSR count). The Hall–Kier alpha value is -2.52. The van der Waals surface area contributed by atoms with E-state index in [4.69, 9.17) is 9.97 Å². The fourth-order valence-corrected chi connectivity index (χ4v) is 4.18. The van der Waals surface area contributed by atoms with Crippen LogP contribution in [0.15, 0.2) is 48.5 Å². The quantitative estimate of drug-likeness (QED) is 0.429. The molecule has 2 aromatic heterocycles. The van der Waals surface area contributed by atoms with E-state index in [1.165, 1.54) is 20.9 Å². The van der Waals surface area contributed by atoms with Gasteiger partial charge in [0, 0.05) is 20.9 Å². The fraction of sp³-hybridized carbons (Fsp3) is 0.182. The number of aryl methyl sites for hydroxylation is 4. The molecule has 0 aliphatic heterocycles. The summed E-state index contributed by atoms with van der Waals surface area (Å²) in [6.45, 7) is 8.48. The maximum atomic E-state index is 5.06. The van der Waals surface area contributed by atoms with Crippen LogP contribution in [0, 0.1) is 27.7 Å². The SMILES string of the molecule is Cc1cccc(-c2nc3c(C)sc(C)c3nc2-c2cccc(C)c2)c1. The van der Waals surface area contributed by atoms with E-state index in [1.807, 2.05) is 0 Å². The highest BCUT2D eigenvalue weighted by Gasteiger charge is 2.17. The van der Waals surface area contributed by atoms with Crippen LogP contribution in [-0.2, 0) is 0 Å². The number of hydrogen-bond donors (Lipinski definition) is 0. The summed E-state index contributed by atoms with van der Waals surface area (Å²) in [5.74, 6) is 0. The molecular weight excluding hydrogens is 324 g/mol. The van der Waals surface area contributed by atoms with Gasteiger partial charge in [0.2, 0.25) is 0 Å². The van der Waals surface area contributed by atoms with Crippen LogP contribution < -0.4 is 0 Å². The van der Waals surface area contributed by atoms with E-state index in [9.17, 15) is 0 Å². The largest absolute Gasteiger partial charge is 0.243 e. The predicted octanol–water partition coefficient (Wildman–Crippen LogP) is 6.26. The minimum Gasteiger partial charge on any atom is -0.243 e. The molecular formula is C22H20N2S. The molecule has 2 aromatic carbocycles. The van der Waals surface area contributed by atoms with Crippen molar-refractivity contribution in [1.82, 2.24) is 9.97 Å². The van der Waals surface area contributed by atoms with E-state index in [0.717, 1.165) is 33.5 Å². The Labute approximate surface area is 152 Å². The fourth-order valence-electron chi connectivity index (χ4n) is 3.24. The second-order valence-corrected chi connectivity index (χ2v) is 8.00. The van der Waals surface area contributed by atoms with Gasteiger partial charge in [-0.3, -0.25) is 0 Å². The first-order chi connectivity index (χ1) is 12.0. The summed E-state index contributed by atoms with van der Waals surface area (Å²) in [6.07, 6.45) is 0. The number of benzene rings is 2. The molecule has 4 aromatic rings. The van der Waals surface area contributed by atoms with Crippen LogP contribution in [0.5, 0.6) is 0 Å². The van der Waals surface area contributed by atoms with Gasteiger partial charge in [-0.05, 0) is 39.8 Å². The van der Waals surface area contributed by atoms with Crippen molar-refractivity contribution < 1.29 is 0 Å². The highest BCUT2D eigenvalue weighted by Crippen LogP contribution is 2.35. The molecule has 0 aliphatic rings. The van der Waals surface area contributed by atoms with Crippen LogP contribution in [0.2, 0.25) is 0 Å². The normalized spacial score (nSPS) is 11.2. The number of fused-ring (bicyclic) bond motifs is 1. The van der Waals surface area contributed by atoms with Crippen molar-refractivity contribution >= 4 is 22.4 Å². The van der Waals surface area contributed by atoms with Gasteiger partial charge in [-0.15, -0.1) is 11.3 Å². The Kier molecular flexibility index (Phi) is 3.89. The monoisotopic (exact) mass is 344 g/mol. The molecule has 3 heteroatoms. The topological polar surface area (TPSA) is 25.8 Å². The maximum Gasteiger partial charge on any atom is 0.103 e. The maximum absolute atomic E-state index is 5.06. The number of aromatic nitrogens is 2. The molecule has 0 saturated carbocycles. The Bertz CT molecular complexity index is 1010. The molecule has 0 fully saturated rings. The minimum absolute atomic E-state index is 0.961. The van der Waals surface area contributed by atoms with Crippen LogP contribution in [-0.4, -0.2) is 9.97 Å². The summed E-state index contributed by atoms with van der Waals surface area (Å²) in [4.78, 5) is 12.6. The van der Waals surface area contributed by atoms with Gasteiger partial charge in [0.1, 0.15) is 11.0 Å². The Morgan fingerprint density at radius 1 is 0.640 bits per heavy atom. The van der Waals surface area contributed by atoms with Gasteiger partial charge in [0.05, 0.1) is 11.4 Å². The number of nitrogens with zero attached hydrogens (tertiary/aromatic N) is 2. The van der Waals surface area contributed by atoms with Crippen molar-refractivity contribution in [3.05, 3.63) is 69.4 Å². The highest BCUT2D eigenvalue weighted by molar-refractivity contribution is 7.13. The molecule has 2 nitrogen and oxygen atoms in total. The van der Waals surface area contributed by atoms with Gasteiger partial charge in [-0.25, -0.2) is 9.97 Å². The van der Waals surface area contributed by atoms with E-state index in [-0.39, 0.29) is 0 Å². The predicted molar refractivity (Wildman–Crippen MR) is 107 cm³/mol. The van der Waals surface area contributed by atoms with Crippen molar-refractivity contribution in [2.45, 2.75) is 27.7 Å². The Morgan fingerprint density at radius 3 is 1.48 bits per heavy atom. The molecule has 0 bridgehead atoms. The summed E-state index contributed by atoms with van der Waals surface area (Å²) in [7, 11) is 0. The molecule has 0 unspecified atom stereocenters. The lowest BCUT2D eigenvalue weighted by Crippen LogP contribution is -1.96. The molecule has 0 spiro atoms. The third-order valence-electron chi connectivity index (χ3n) is 4.45. The standard InChI is InChI=1S/C22H20N2S/c1-13-7-5-9-17(11-13)21-22(18-10-6-8-14(2)12-18)24-20-16(4)25-15(3)19(20)23-21/h5-12H,1-4H3. The van der Waals surface area contributed by atoms with Gasteiger partial charge >= 0.3 is 0 Å². The van der Waals surface area contributed by atoms with Crippen molar-refractivity contribution in [3.63, 3.8) is 0 Å². The molecule has 124 valence electrons. The summed E-state index contributed by atoms with van der Waals surface area (Å²) < 4.78 is 0. The molecule has 2 heterocycles. The highest BCUT2D eigenvalue weighted by atomic mass is 32.1. The molecule has 25 heavy (non-hydrogen) atoms. The van der Waals surface area contributed by atoms with E-state index in [2.05, 4.69) is 76.2 Å². The van der Waals surface area contributed by atoms with E-state index in [1.54, 1.807) is 11.3 Å². The van der Waals surface area contributed by atoms with Crippen LogP contribution >= 0.6 is 11.3 Å². The first kappa shape index (κ1) is 16.0. The van der Waals surface area contributed by atoms with E-state index < -0.39 is 0 Å². The van der Waals surface area contributed by atoms with Crippen molar-refractivity contribution in [3.8, 4) is 22.5 Å². The molecule has 0 radical (unpaired) electrons. The van der Waals surface area contributed by atoms with Crippen LogP contribution in [0.4, 0.5) is 0 Å². The van der Waals surface area contributed by atoms with Crippen molar-refractivity contribution in [2.24, 2.45) is 0 Å². The summed E-state index contributed by atoms with van der Waals surface area (Å²) >= 11 is 1.77. The number of hydrogen-bond acceptors (Lipinski definition) is 3. The van der Waals surface area contributed by atoms with Crippen LogP contribution in [0.25, 0.3) is 33.5 Å². The van der Waals surface area contributed by atoms with Crippen LogP contribution in [0.1, 0.15) is 20.9 Å². The van der Waals surface area contributed by atoms with Gasteiger partial charge in [-0.1, -0.05) is 47.5 Å². The average Bonchev–Trinajstić information content (AvgIpc) is 2.87. The molecule has 0 saturated heterocycles. The van der Waals surface area contributed by atoms with Crippen molar-refractivity contribution in [2.75, 3.05) is 0 Å². The van der Waals surface area contributed by atoms with Gasteiger partial charge in [0.25, 0.3) is 0 Å². The van der Waals surface area contributed by atoms with E-state index >= 15 is 0 Å². The molecule has 0 N–H and O–H groups in total. The smallest absolute Gasteiger partial charge is 0.103 e.